The van der Waals surface area contributed by atoms with Crippen molar-refractivity contribution >= 4 is 39.7 Å². The van der Waals surface area contributed by atoms with Crippen molar-refractivity contribution < 1.29 is 18.4 Å². The molecule has 0 bridgehead atoms. The van der Waals surface area contributed by atoms with E-state index in [1.165, 1.54) is 23.5 Å². The van der Waals surface area contributed by atoms with Gasteiger partial charge in [0.1, 0.15) is 22.6 Å². The molecule has 162 valence electrons. The highest BCUT2D eigenvalue weighted by atomic mass is 32.1. The molecular formula is C24H20FN3O3S. The summed E-state index contributed by atoms with van der Waals surface area (Å²) in [5.74, 6) is -0.785. The van der Waals surface area contributed by atoms with Crippen LogP contribution in [0.1, 0.15) is 32.3 Å². The number of fused-ring (bicyclic) bond motifs is 1. The summed E-state index contributed by atoms with van der Waals surface area (Å²) in [6, 6.07) is 13.1. The Labute approximate surface area is 187 Å². The number of hydrogen-bond donors (Lipinski definition) is 1. The molecule has 1 fully saturated rings. The van der Waals surface area contributed by atoms with Gasteiger partial charge in [-0.15, -0.1) is 11.3 Å². The van der Waals surface area contributed by atoms with E-state index < -0.39 is 5.54 Å². The fourth-order valence-electron chi connectivity index (χ4n) is 4.21. The van der Waals surface area contributed by atoms with Gasteiger partial charge in [0.05, 0.1) is 16.8 Å². The van der Waals surface area contributed by atoms with Crippen molar-refractivity contribution in [2.24, 2.45) is 0 Å². The van der Waals surface area contributed by atoms with E-state index in [9.17, 15) is 14.0 Å². The van der Waals surface area contributed by atoms with Gasteiger partial charge in [0.2, 0.25) is 5.78 Å². The van der Waals surface area contributed by atoms with Crippen LogP contribution in [-0.2, 0) is 0 Å². The maximum absolute atomic E-state index is 13.6. The molecular weight excluding hydrogens is 429 g/mol. The number of thiazole rings is 1. The zero-order chi connectivity index (χ0) is 22.3. The van der Waals surface area contributed by atoms with Gasteiger partial charge in [0.25, 0.3) is 5.91 Å². The van der Waals surface area contributed by atoms with Crippen LogP contribution < -0.4 is 10.2 Å². The zero-order valence-electron chi connectivity index (χ0n) is 17.3. The smallest absolute Gasteiger partial charge is 0.252 e. The second-order valence-electron chi connectivity index (χ2n) is 7.81. The number of hydrogen-bond acceptors (Lipinski definition) is 6. The second-order valence-corrected chi connectivity index (χ2v) is 8.87. The van der Waals surface area contributed by atoms with Crippen LogP contribution in [0.15, 0.2) is 64.6 Å². The molecule has 0 saturated carbocycles. The zero-order valence-corrected chi connectivity index (χ0v) is 18.1. The minimum atomic E-state index is -0.988. The number of Topliss-reactive ketones (excluding diaryl/α,β-unsaturated/α-hetero) is 1. The number of furan rings is 1. The van der Waals surface area contributed by atoms with Crippen molar-refractivity contribution in [2.45, 2.75) is 18.9 Å². The highest BCUT2D eigenvalue weighted by molar-refractivity contribution is 7.09. The molecule has 5 rings (SSSR count). The van der Waals surface area contributed by atoms with Gasteiger partial charge in [-0.05, 0) is 55.8 Å². The van der Waals surface area contributed by atoms with Crippen molar-refractivity contribution in [1.29, 1.82) is 0 Å². The van der Waals surface area contributed by atoms with Gasteiger partial charge >= 0.3 is 0 Å². The van der Waals surface area contributed by atoms with Gasteiger partial charge in [-0.3, -0.25) is 9.59 Å². The normalized spacial score (nSPS) is 17.9. The molecule has 32 heavy (non-hydrogen) atoms. The quantitative estimate of drug-likeness (QED) is 0.436. The molecule has 1 saturated heterocycles. The molecule has 0 radical (unpaired) electrons. The Balaban J connectivity index is 1.46. The van der Waals surface area contributed by atoms with Gasteiger partial charge in [0, 0.05) is 29.5 Å². The van der Waals surface area contributed by atoms with Crippen LogP contribution in [0.2, 0.25) is 0 Å². The summed E-state index contributed by atoms with van der Waals surface area (Å²) in [6.45, 7) is 2.57. The maximum atomic E-state index is 13.6. The highest BCUT2D eigenvalue weighted by Crippen LogP contribution is 2.38. The van der Waals surface area contributed by atoms with Crippen LogP contribution in [0.25, 0.3) is 11.0 Å². The average molecular weight is 450 g/mol. The maximum Gasteiger partial charge on any atom is 0.252 e. The number of halogens is 1. The molecule has 0 aliphatic carbocycles. The topological polar surface area (TPSA) is 75.4 Å². The van der Waals surface area contributed by atoms with Gasteiger partial charge in [0.15, 0.2) is 0 Å². The average Bonchev–Trinajstić information content (AvgIpc) is 3.43. The van der Waals surface area contributed by atoms with Crippen molar-refractivity contribution in [2.75, 3.05) is 18.0 Å². The third-order valence-corrected chi connectivity index (χ3v) is 6.73. The number of aryl methyl sites for hydroxylation is 1. The van der Waals surface area contributed by atoms with Gasteiger partial charge in [-0.25, -0.2) is 9.37 Å². The van der Waals surface area contributed by atoms with Crippen molar-refractivity contribution in [3.05, 3.63) is 82.3 Å². The predicted octanol–water partition coefficient (Wildman–Crippen LogP) is 4.60. The Hall–Kier alpha value is -3.52. The number of amides is 1. The first-order valence-electron chi connectivity index (χ1n) is 10.2. The molecule has 1 unspecified atom stereocenters. The summed E-state index contributed by atoms with van der Waals surface area (Å²) in [7, 11) is 0. The Morgan fingerprint density at radius 2 is 2.03 bits per heavy atom. The minimum Gasteiger partial charge on any atom is -0.464 e. The predicted molar refractivity (Wildman–Crippen MR) is 121 cm³/mol. The summed E-state index contributed by atoms with van der Waals surface area (Å²) >= 11 is 1.41. The third-order valence-electron chi connectivity index (χ3n) is 5.96. The van der Waals surface area contributed by atoms with E-state index in [0.717, 1.165) is 10.7 Å². The third kappa shape index (κ3) is 3.36. The number of aromatic nitrogens is 1. The lowest BCUT2D eigenvalue weighted by atomic mass is 9.78. The van der Waals surface area contributed by atoms with E-state index in [1.54, 1.807) is 48.0 Å². The molecule has 1 amide bonds. The van der Waals surface area contributed by atoms with E-state index in [1.807, 2.05) is 11.8 Å². The van der Waals surface area contributed by atoms with Crippen LogP contribution in [0.3, 0.4) is 0 Å². The molecule has 2 aromatic carbocycles. The monoisotopic (exact) mass is 449 g/mol. The molecule has 1 N–H and O–H groups in total. The Bertz CT molecular complexity index is 1310. The van der Waals surface area contributed by atoms with E-state index in [-0.39, 0.29) is 24.1 Å². The number of rotatable bonds is 6. The van der Waals surface area contributed by atoms with Crippen LogP contribution >= 0.6 is 11.3 Å². The Morgan fingerprint density at radius 1 is 1.22 bits per heavy atom. The fraction of sp³-hybridized carbons (Fsp3) is 0.208. The van der Waals surface area contributed by atoms with E-state index in [4.69, 9.17) is 4.42 Å². The second kappa shape index (κ2) is 7.87. The molecule has 2 aromatic heterocycles. The van der Waals surface area contributed by atoms with Crippen LogP contribution in [0, 0.1) is 12.7 Å². The molecule has 4 aromatic rings. The molecule has 8 heteroatoms. The number of carbonyl (C=O) groups is 2. The van der Waals surface area contributed by atoms with E-state index >= 15 is 0 Å². The lowest BCUT2D eigenvalue weighted by molar-refractivity contribution is 0.0794. The summed E-state index contributed by atoms with van der Waals surface area (Å²) in [5.41, 5.74) is 1.22. The van der Waals surface area contributed by atoms with Gasteiger partial charge in [-0.1, -0.05) is 6.07 Å². The standard InChI is InChI=1S/C24H20FN3O3S/c1-15-27-20(13-32-15)22(29)24(10-11-28(24)17-7-5-16(25)6-8-17)14-26-23(30)19-3-2-4-21-18(19)9-12-31-21/h2-9,12-13H,10-11,14H2,1H3,(H,26,30). The van der Waals surface area contributed by atoms with Crippen LogP contribution in [0.5, 0.6) is 0 Å². The summed E-state index contributed by atoms with van der Waals surface area (Å²) in [6.07, 6.45) is 2.09. The van der Waals surface area contributed by atoms with Crippen LogP contribution in [-0.4, -0.2) is 35.3 Å². The first-order valence-corrected chi connectivity index (χ1v) is 11.1. The van der Waals surface area contributed by atoms with E-state index in [0.29, 0.717) is 35.2 Å². The lowest BCUT2D eigenvalue weighted by Crippen LogP contribution is -2.69. The summed E-state index contributed by atoms with van der Waals surface area (Å²) in [4.78, 5) is 32.9. The largest absolute Gasteiger partial charge is 0.464 e. The first kappa shape index (κ1) is 20.4. The lowest BCUT2D eigenvalue weighted by Gasteiger charge is -2.52. The molecule has 1 atom stereocenters. The number of anilines is 1. The number of ketones is 1. The molecule has 0 spiro atoms. The SMILES string of the molecule is Cc1nc(C(=O)C2(CNC(=O)c3cccc4occc34)CCN2c2ccc(F)cc2)cs1. The van der Waals surface area contributed by atoms with Crippen molar-refractivity contribution in [3.63, 3.8) is 0 Å². The minimum absolute atomic E-state index is 0.104. The molecule has 1 aliphatic heterocycles. The van der Waals surface area contributed by atoms with Crippen molar-refractivity contribution in [1.82, 2.24) is 10.3 Å². The number of benzene rings is 2. The van der Waals surface area contributed by atoms with Gasteiger partial charge in [-0.2, -0.15) is 0 Å². The fourth-order valence-corrected chi connectivity index (χ4v) is 4.80. The first-order chi connectivity index (χ1) is 15.5. The summed E-state index contributed by atoms with van der Waals surface area (Å²) < 4.78 is 18.9. The van der Waals surface area contributed by atoms with Crippen LogP contribution in [0.4, 0.5) is 10.1 Å². The van der Waals surface area contributed by atoms with E-state index in [2.05, 4.69) is 10.3 Å². The summed E-state index contributed by atoms with van der Waals surface area (Å²) in [5, 5.41) is 6.21. The Kier molecular flexibility index (Phi) is 5.01. The van der Waals surface area contributed by atoms with Gasteiger partial charge < -0.3 is 14.6 Å². The molecule has 3 heterocycles. The number of carbonyl (C=O) groups excluding carboxylic acids is 2. The highest BCUT2D eigenvalue weighted by Gasteiger charge is 2.52. The number of nitrogens with one attached hydrogen (secondary N) is 1. The number of nitrogens with zero attached hydrogens (tertiary/aromatic N) is 2. The molecule has 1 aliphatic rings. The van der Waals surface area contributed by atoms with Crippen molar-refractivity contribution in [3.8, 4) is 0 Å². The Morgan fingerprint density at radius 3 is 2.72 bits per heavy atom. The molecule has 6 nitrogen and oxygen atoms in total.